The Labute approximate surface area is 154 Å². The molecule has 1 saturated heterocycles. The van der Waals surface area contributed by atoms with Crippen molar-refractivity contribution >= 4 is 17.2 Å². The van der Waals surface area contributed by atoms with Crippen LogP contribution in [-0.2, 0) is 6.54 Å². The molecule has 1 N–H and O–H groups in total. The molecule has 1 amide bonds. The van der Waals surface area contributed by atoms with E-state index in [1.807, 2.05) is 31.4 Å². The molecule has 1 atom stereocenters. The first-order valence-electron chi connectivity index (χ1n) is 9.16. The molecule has 3 rings (SSSR count). The molecule has 2 aromatic rings. The van der Waals surface area contributed by atoms with Gasteiger partial charge in [0.25, 0.3) is 5.91 Å². The number of thiazole rings is 1. The van der Waals surface area contributed by atoms with Crippen LogP contribution in [0.4, 0.5) is 0 Å². The maximum absolute atomic E-state index is 12.4. The van der Waals surface area contributed by atoms with E-state index in [-0.39, 0.29) is 11.9 Å². The number of benzene rings is 1. The zero-order valence-electron chi connectivity index (χ0n) is 15.1. The molecule has 1 aromatic carbocycles. The lowest BCUT2D eigenvalue weighted by Gasteiger charge is -2.19. The summed E-state index contributed by atoms with van der Waals surface area (Å²) < 4.78 is 0. The Morgan fingerprint density at radius 2 is 1.88 bits per heavy atom. The summed E-state index contributed by atoms with van der Waals surface area (Å²) in [5.41, 5.74) is 2.91. The first kappa shape index (κ1) is 18.1. The number of hydrogen-bond acceptors (Lipinski definition) is 4. The minimum absolute atomic E-state index is 0.0422. The third-order valence-corrected chi connectivity index (χ3v) is 5.54. The van der Waals surface area contributed by atoms with Gasteiger partial charge in [0.2, 0.25) is 0 Å². The molecule has 4 nitrogen and oxygen atoms in total. The minimum Gasteiger partial charge on any atom is -0.344 e. The van der Waals surface area contributed by atoms with Crippen LogP contribution in [-0.4, -0.2) is 28.9 Å². The van der Waals surface area contributed by atoms with Crippen molar-refractivity contribution in [3.8, 4) is 0 Å². The molecular formula is C20H27N3OS. The second-order valence-electron chi connectivity index (χ2n) is 6.87. The number of rotatable bonds is 5. The molecule has 25 heavy (non-hydrogen) atoms. The topological polar surface area (TPSA) is 45.2 Å². The van der Waals surface area contributed by atoms with Crippen LogP contribution in [0.5, 0.6) is 0 Å². The summed E-state index contributed by atoms with van der Waals surface area (Å²) in [4.78, 5) is 19.4. The molecule has 134 valence electrons. The van der Waals surface area contributed by atoms with Crippen molar-refractivity contribution in [2.24, 2.45) is 0 Å². The zero-order valence-corrected chi connectivity index (χ0v) is 15.9. The normalized spacial score (nSPS) is 17.0. The molecule has 2 heterocycles. The van der Waals surface area contributed by atoms with Gasteiger partial charge in [-0.05, 0) is 57.5 Å². The second kappa shape index (κ2) is 8.59. The van der Waals surface area contributed by atoms with Gasteiger partial charge in [-0.3, -0.25) is 9.69 Å². The van der Waals surface area contributed by atoms with Crippen LogP contribution in [0.25, 0.3) is 0 Å². The third-order valence-electron chi connectivity index (χ3n) is 4.75. The van der Waals surface area contributed by atoms with Gasteiger partial charge in [-0.15, -0.1) is 11.3 Å². The maximum Gasteiger partial charge on any atom is 0.251 e. The molecule has 1 aromatic heterocycles. The maximum atomic E-state index is 12.4. The molecule has 0 aliphatic carbocycles. The summed E-state index contributed by atoms with van der Waals surface area (Å²) >= 11 is 1.61. The number of carbonyl (C=O) groups excluding carboxylic acids is 1. The Kier molecular flexibility index (Phi) is 6.21. The van der Waals surface area contributed by atoms with Gasteiger partial charge in [-0.25, -0.2) is 4.98 Å². The highest BCUT2D eigenvalue weighted by Crippen LogP contribution is 2.17. The SMILES string of the molecule is Cc1nc([C@H](C)NC(=O)c2ccc(CN3CCCCCC3)cc2)cs1. The fraction of sp³-hybridized carbons (Fsp3) is 0.500. The molecule has 1 aliphatic rings. The predicted molar refractivity (Wildman–Crippen MR) is 103 cm³/mol. The van der Waals surface area contributed by atoms with Gasteiger partial charge in [0.15, 0.2) is 0 Å². The minimum atomic E-state index is -0.0748. The largest absolute Gasteiger partial charge is 0.344 e. The zero-order chi connectivity index (χ0) is 17.6. The predicted octanol–water partition coefficient (Wildman–Crippen LogP) is 4.32. The number of nitrogens with zero attached hydrogens (tertiary/aromatic N) is 2. The monoisotopic (exact) mass is 357 g/mol. The Morgan fingerprint density at radius 3 is 2.48 bits per heavy atom. The first-order chi connectivity index (χ1) is 12.1. The van der Waals surface area contributed by atoms with Crippen LogP contribution in [0.3, 0.4) is 0 Å². The molecule has 5 heteroatoms. The fourth-order valence-corrected chi connectivity index (χ4v) is 3.95. The van der Waals surface area contributed by atoms with E-state index in [2.05, 4.69) is 27.3 Å². The van der Waals surface area contributed by atoms with E-state index in [1.54, 1.807) is 11.3 Å². The number of aromatic nitrogens is 1. The van der Waals surface area contributed by atoms with Gasteiger partial charge in [-0.1, -0.05) is 25.0 Å². The number of likely N-dealkylation sites (tertiary alicyclic amines) is 1. The molecule has 0 saturated carbocycles. The molecule has 0 unspecified atom stereocenters. The van der Waals surface area contributed by atoms with Crippen molar-refractivity contribution < 1.29 is 4.79 Å². The smallest absolute Gasteiger partial charge is 0.251 e. The van der Waals surface area contributed by atoms with Crippen molar-refractivity contribution in [1.29, 1.82) is 0 Å². The van der Waals surface area contributed by atoms with E-state index in [9.17, 15) is 4.79 Å². The lowest BCUT2D eigenvalue weighted by Crippen LogP contribution is -2.27. The quantitative estimate of drug-likeness (QED) is 0.867. The van der Waals surface area contributed by atoms with Crippen LogP contribution in [0, 0.1) is 6.92 Å². The Hall–Kier alpha value is -1.72. The van der Waals surface area contributed by atoms with Crippen LogP contribution in [0.2, 0.25) is 0 Å². The van der Waals surface area contributed by atoms with Gasteiger partial charge in [0.05, 0.1) is 16.7 Å². The molecule has 0 spiro atoms. The highest BCUT2D eigenvalue weighted by atomic mass is 32.1. The molecule has 1 fully saturated rings. The molecule has 0 bridgehead atoms. The number of hydrogen-bond donors (Lipinski definition) is 1. The Bertz CT molecular complexity index is 687. The molecule has 0 radical (unpaired) electrons. The second-order valence-corrected chi connectivity index (χ2v) is 7.94. The fourth-order valence-electron chi connectivity index (χ4n) is 3.25. The molecular weight excluding hydrogens is 330 g/mol. The Balaban J connectivity index is 1.56. The standard InChI is InChI=1S/C20H27N3OS/c1-15(19-14-25-16(2)22-19)21-20(24)18-9-7-17(8-10-18)13-23-11-5-3-4-6-12-23/h7-10,14-15H,3-6,11-13H2,1-2H3,(H,21,24)/t15-/m0/s1. The van der Waals surface area contributed by atoms with Crippen LogP contribution >= 0.6 is 11.3 Å². The van der Waals surface area contributed by atoms with E-state index in [0.717, 1.165) is 17.2 Å². The van der Waals surface area contributed by atoms with Gasteiger partial charge in [-0.2, -0.15) is 0 Å². The van der Waals surface area contributed by atoms with Crippen molar-refractivity contribution in [2.45, 2.75) is 52.1 Å². The summed E-state index contributed by atoms with van der Waals surface area (Å²) in [5.74, 6) is -0.0422. The lowest BCUT2D eigenvalue weighted by atomic mass is 10.1. The van der Waals surface area contributed by atoms with E-state index in [4.69, 9.17) is 0 Å². The van der Waals surface area contributed by atoms with E-state index in [0.29, 0.717) is 5.56 Å². The van der Waals surface area contributed by atoms with Gasteiger partial charge < -0.3 is 5.32 Å². The van der Waals surface area contributed by atoms with Crippen molar-refractivity contribution in [3.05, 3.63) is 51.5 Å². The number of carbonyl (C=O) groups is 1. The first-order valence-corrected chi connectivity index (χ1v) is 10.0. The van der Waals surface area contributed by atoms with Crippen LogP contribution < -0.4 is 5.32 Å². The van der Waals surface area contributed by atoms with E-state index >= 15 is 0 Å². The lowest BCUT2D eigenvalue weighted by molar-refractivity contribution is 0.0939. The van der Waals surface area contributed by atoms with E-state index < -0.39 is 0 Å². The average molecular weight is 358 g/mol. The highest BCUT2D eigenvalue weighted by Gasteiger charge is 2.14. The summed E-state index contributed by atoms with van der Waals surface area (Å²) in [6, 6.07) is 7.95. The van der Waals surface area contributed by atoms with Crippen molar-refractivity contribution in [1.82, 2.24) is 15.2 Å². The summed E-state index contributed by atoms with van der Waals surface area (Å²) in [7, 11) is 0. The summed E-state index contributed by atoms with van der Waals surface area (Å²) in [6.45, 7) is 7.31. The summed E-state index contributed by atoms with van der Waals surface area (Å²) in [5, 5.41) is 6.06. The van der Waals surface area contributed by atoms with Crippen LogP contribution in [0.1, 0.15) is 65.3 Å². The third kappa shape index (κ3) is 5.13. The van der Waals surface area contributed by atoms with E-state index in [1.165, 1.54) is 44.3 Å². The number of amides is 1. The number of nitrogens with one attached hydrogen (secondary N) is 1. The van der Waals surface area contributed by atoms with Crippen molar-refractivity contribution in [3.63, 3.8) is 0 Å². The summed E-state index contributed by atoms with van der Waals surface area (Å²) in [6.07, 6.45) is 5.31. The Morgan fingerprint density at radius 1 is 1.20 bits per heavy atom. The highest BCUT2D eigenvalue weighted by molar-refractivity contribution is 7.09. The van der Waals surface area contributed by atoms with Crippen LogP contribution in [0.15, 0.2) is 29.6 Å². The van der Waals surface area contributed by atoms with Gasteiger partial charge in [0, 0.05) is 17.5 Å². The molecule has 1 aliphatic heterocycles. The van der Waals surface area contributed by atoms with Crippen molar-refractivity contribution in [2.75, 3.05) is 13.1 Å². The van der Waals surface area contributed by atoms with Gasteiger partial charge in [0.1, 0.15) is 0 Å². The van der Waals surface area contributed by atoms with Gasteiger partial charge >= 0.3 is 0 Å². The number of aryl methyl sites for hydroxylation is 1. The average Bonchev–Trinajstić information content (AvgIpc) is 2.88.